The van der Waals surface area contributed by atoms with Crippen LogP contribution in [0, 0.1) is 5.82 Å². The standard InChI is InChI=1S/C20H21FN2O2/c1-22(14-15-25-18-8-6-17(21)7-9-18)20(24)11-13-23-12-10-16-4-2-3-5-19(16)23/h2-10,12H,11,13-15H2,1H3. The lowest BCUT2D eigenvalue weighted by Crippen LogP contribution is -2.31. The summed E-state index contributed by atoms with van der Waals surface area (Å²) in [6, 6.07) is 16.0. The highest BCUT2D eigenvalue weighted by Gasteiger charge is 2.10. The number of carbonyl (C=O) groups is 1. The molecule has 1 aromatic heterocycles. The van der Waals surface area contributed by atoms with E-state index in [2.05, 4.69) is 22.8 Å². The van der Waals surface area contributed by atoms with Crippen LogP contribution in [0.15, 0.2) is 60.8 Å². The number of rotatable bonds is 7. The van der Waals surface area contributed by atoms with E-state index in [1.54, 1.807) is 24.1 Å². The van der Waals surface area contributed by atoms with Crippen molar-refractivity contribution in [3.63, 3.8) is 0 Å². The molecule has 0 unspecified atom stereocenters. The first-order chi connectivity index (χ1) is 12.1. The molecule has 0 aliphatic heterocycles. The molecule has 4 nitrogen and oxygen atoms in total. The molecule has 0 fully saturated rings. The van der Waals surface area contributed by atoms with Gasteiger partial charge < -0.3 is 14.2 Å². The van der Waals surface area contributed by atoms with Crippen LogP contribution in [0.1, 0.15) is 6.42 Å². The lowest BCUT2D eigenvalue weighted by Gasteiger charge is -2.18. The monoisotopic (exact) mass is 340 g/mol. The first-order valence-electron chi connectivity index (χ1n) is 8.30. The number of likely N-dealkylation sites (N-methyl/N-ethyl adjacent to an activating group) is 1. The summed E-state index contributed by atoms with van der Waals surface area (Å²) in [5.41, 5.74) is 1.14. The fourth-order valence-corrected chi connectivity index (χ4v) is 2.70. The summed E-state index contributed by atoms with van der Waals surface area (Å²) >= 11 is 0. The minimum absolute atomic E-state index is 0.0699. The molecular weight excluding hydrogens is 319 g/mol. The molecule has 0 saturated heterocycles. The number of fused-ring (bicyclic) bond motifs is 1. The molecule has 0 aliphatic rings. The zero-order chi connectivity index (χ0) is 17.6. The summed E-state index contributed by atoms with van der Waals surface area (Å²) < 4.78 is 20.4. The molecule has 2 aromatic carbocycles. The molecular formula is C20H21FN2O2. The Morgan fingerprint density at radius 2 is 1.88 bits per heavy atom. The van der Waals surface area contributed by atoms with Crippen molar-refractivity contribution in [2.45, 2.75) is 13.0 Å². The van der Waals surface area contributed by atoms with Crippen LogP contribution in [0.5, 0.6) is 5.75 Å². The van der Waals surface area contributed by atoms with Gasteiger partial charge in [0.15, 0.2) is 0 Å². The summed E-state index contributed by atoms with van der Waals surface area (Å²) in [5.74, 6) is 0.374. The van der Waals surface area contributed by atoms with Gasteiger partial charge >= 0.3 is 0 Å². The minimum atomic E-state index is -0.294. The third-order valence-corrected chi connectivity index (χ3v) is 4.18. The van der Waals surface area contributed by atoms with E-state index >= 15 is 0 Å². The number of nitrogens with zero attached hydrogens (tertiary/aromatic N) is 2. The molecule has 0 saturated carbocycles. The molecule has 130 valence electrons. The summed E-state index contributed by atoms with van der Waals surface area (Å²) in [6.45, 7) is 1.51. The summed E-state index contributed by atoms with van der Waals surface area (Å²) in [5, 5.41) is 1.18. The Hall–Kier alpha value is -2.82. The highest BCUT2D eigenvalue weighted by Crippen LogP contribution is 2.15. The van der Waals surface area contributed by atoms with Crippen LogP contribution in [0.3, 0.4) is 0 Å². The highest BCUT2D eigenvalue weighted by molar-refractivity contribution is 5.80. The third-order valence-electron chi connectivity index (χ3n) is 4.18. The van der Waals surface area contributed by atoms with E-state index in [9.17, 15) is 9.18 Å². The van der Waals surface area contributed by atoms with Gasteiger partial charge in [-0.25, -0.2) is 4.39 Å². The molecule has 0 spiro atoms. The smallest absolute Gasteiger partial charge is 0.224 e. The molecule has 0 bridgehead atoms. The van der Waals surface area contributed by atoms with Crippen molar-refractivity contribution in [2.24, 2.45) is 0 Å². The largest absolute Gasteiger partial charge is 0.492 e. The van der Waals surface area contributed by atoms with E-state index in [1.165, 1.54) is 17.5 Å². The number of amides is 1. The lowest BCUT2D eigenvalue weighted by molar-refractivity contribution is -0.130. The van der Waals surface area contributed by atoms with Gasteiger partial charge in [0.25, 0.3) is 0 Å². The van der Waals surface area contributed by atoms with Crippen LogP contribution in [0.25, 0.3) is 10.9 Å². The Bertz CT molecular complexity index is 842. The van der Waals surface area contributed by atoms with Crippen molar-refractivity contribution in [3.8, 4) is 5.75 Å². The van der Waals surface area contributed by atoms with Gasteiger partial charge in [-0.2, -0.15) is 0 Å². The summed E-state index contributed by atoms with van der Waals surface area (Å²) in [6.07, 6.45) is 2.45. The fourth-order valence-electron chi connectivity index (χ4n) is 2.70. The summed E-state index contributed by atoms with van der Waals surface area (Å²) in [4.78, 5) is 13.9. The van der Waals surface area contributed by atoms with Crippen molar-refractivity contribution in [1.29, 1.82) is 0 Å². The van der Waals surface area contributed by atoms with Crippen LogP contribution in [0.2, 0.25) is 0 Å². The average Bonchev–Trinajstić information content (AvgIpc) is 3.04. The Morgan fingerprint density at radius 1 is 1.12 bits per heavy atom. The molecule has 3 rings (SSSR count). The second-order valence-corrected chi connectivity index (χ2v) is 5.94. The summed E-state index contributed by atoms with van der Waals surface area (Å²) in [7, 11) is 1.77. The number of ether oxygens (including phenoxy) is 1. The first kappa shape index (κ1) is 17.0. The Kier molecular flexibility index (Phi) is 5.33. The van der Waals surface area contributed by atoms with E-state index in [-0.39, 0.29) is 11.7 Å². The molecule has 1 amide bonds. The first-order valence-corrected chi connectivity index (χ1v) is 8.30. The van der Waals surface area contributed by atoms with Crippen molar-refractivity contribution >= 4 is 16.8 Å². The van der Waals surface area contributed by atoms with Crippen LogP contribution in [-0.2, 0) is 11.3 Å². The predicted octanol–water partition coefficient (Wildman–Crippen LogP) is 3.71. The second-order valence-electron chi connectivity index (χ2n) is 5.94. The Morgan fingerprint density at radius 3 is 2.68 bits per heavy atom. The molecule has 25 heavy (non-hydrogen) atoms. The highest BCUT2D eigenvalue weighted by atomic mass is 19.1. The molecule has 3 aromatic rings. The second kappa shape index (κ2) is 7.83. The van der Waals surface area contributed by atoms with E-state index in [0.29, 0.717) is 31.9 Å². The quantitative estimate of drug-likeness (QED) is 0.657. The van der Waals surface area contributed by atoms with Crippen LogP contribution in [0.4, 0.5) is 4.39 Å². The number of benzene rings is 2. The topological polar surface area (TPSA) is 34.5 Å². The van der Waals surface area contributed by atoms with Crippen LogP contribution >= 0.6 is 0 Å². The number of aryl methyl sites for hydroxylation is 1. The third kappa shape index (κ3) is 4.38. The van der Waals surface area contributed by atoms with Gasteiger partial charge in [0.1, 0.15) is 18.2 Å². The normalized spacial score (nSPS) is 10.8. The van der Waals surface area contributed by atoms with Crippen molar-refractivity contribution in [2.75, 3.05) is 20.2 Å². The maximum Gasteiger partial charge on any atom is 0.224 e. The van der Waals surface area contributed by atoms with Gasteiger partial charge in [0.05, 0.1) is 6.54 Å². The van der Waals surface area contributed by atoms with Crippen molar-refractivity contribution in [1.82, 2.24) is 9.47 Å². The maximum atomic E-state index is 12.8. The number of hydrogen-bond donors (Lipinski definition) is 0. The molecule has 1 heterocycles. The number of para-hydroxylation sites is 1. The van der Waals surface area contributed by atoms with Gasteiger partial charge in [-0.15, -0.1) is 0 Å². The minimum Gasteiger partial charge on any atom is -0.492 e. The van der Waals surface area contributed by atoms with Crippen molar-refractivity contribution in [3.05, 3.63) is 66.6 Å². The molecule has 0 N–H and O–H groups in total. The molecule has 0 radical (unpaired) electrons. The van der Waals surface area contributed by atoms with Gasteiger partial charge in [-0.3, -0.25) is 4.79 Å². The molecule has 5 heteroatoms. The molecule has 0 aliphatic carbocycles. The molecule has 0 atom stereocenters. The maximum absolute atomic E-state index is 12.8. The fraction of sp³-hybridized carbons (Fsp3) is 0.250. The zero-order valence-corrected chi connectivity index (χ0v) is 14.2. The number of carbonyl (C=O) groups excluding carboxylic acids is 1. The van der Waals surface area contributed by atoms with Gasteiger partial charge in [0, 0.05) is 31.7 Å². The van der Waals surface area contributed by atoms with Gasteiger partial charge in [-0.05, 0) is 41.8 Å². The SMILES string of the molecule is CN(CCOc1ccc(F)cc1)C(=O)CCn1ccc2ccccc21. The van der Waals surface area contributed by atoms with E-state index < -0.39 is 0 Å². The average molecular weight is 340 g/mol. The van der Waals surface area contributed by atoms with Gasteiger partial charge in [-0.1, -0.05) is 18.2 Å². The Balaban J connectivity index is 1.45. The van der Waals surface area contributed by atoms with Crippen molar-refractivity contribution < 1.29 is 13.9 Å². The van der Waals surface area contributed by atoms with E-state index in [1.807, 2.05) is 18.3 Å². The predicted molar refractivity (Wildman–Crippen MR) is 96.1 cm³/mol. The van der Waals surface area contributed by atoms with E-state index in [0.717, 1.165) is 5.52 Å². The number of halogens is 1. The zero-order valence-electron chi connectivity index (χ0n) is 14.2. The van der Waals surface area contributed by atoms with Gasteiger partial charge in [0.2, 0.25) is 5.91 Å². The number of hydrogen-bond acceptors (Lipinski definition) is 2. The Labute approximate surface area is 146 Å². The van der Waals surface area contributed by atoms with E-state index in [4.69, 9.17) is 4.74 Å². The van der Waals surface area contributed by atoms with Crippen LogP contribution in [-0.4, -0.2) is 35.6 Å². The number of aromatic nitrogens is 1. The van der Waals surface area contributed by atoms with Crippen LogP contribution < -0.4 is 4.74 Å². The lowest BCUT2D eigenvalue weighted by atomic mass is 10.2.